The summed E-state index contributed by atoms with van der Waals surface area (Å²) in [6.45, 7) is 6.89. The van der Waals surface area contributed by atoms with Crippen LogP contribution in [0.3, 0.4) is 0 Å². The fourth-order valence-corrected chi connectivity index (χ4v) is 1.56. The normalized spacial score (nSPS) is 12.2. The van der Waals surface area contributed by atoms with E-state index in [0.717, 1.165) is 17.1 Å². The summed E-state index contributed by atoms with van der Waals surface area (Å²) < 4.78 is 11.0. The Hall–Kier alpha value is -1.22. The van der Waals surface area contributed by atoms with Crippen LogP contribution in [-0.4, -0.2) is 24.4 Å². The second-order valence-electron chi connectivity index (χ2n) is 3.70. The van der Waals surface area contributed by atoms with Gasteiger partial charge in [0.15, 0.2) is 11.5 Å². The summed E-state index contributed by atoms with van der Waals surface area (Å²) in [5.74, 6) is 1.51. The Labute approximate surface area is 97.0 Å². The predicted molar refractivity (Wildman–Crippen MR) is 64.2 cm³/mol. The predicted octanol–water partition coefficient (Wildman–Crippen LogP) is 2.41. The summed E-state index contributed by atoms with van der Waals surface area (Å²) in [5, 5.41) is 9.33. The zero-order chi connectivity index (χ0) is 12.0. The molecular formula is C13H20O3. The SMILES string of the molecule is CCOc1ccc(C[C@H](C)O)cc1OCC. The van der Waals surface area contributed by atoms with Gasteiger partial charge in [-0.3, -0.25) is 0 Å². The first-order chi connectivity index (χ1) is 7.67. The molecule has 0 bridgehead atoms. The van der Waals surface area contributed by atoms with Crippen LogP contribution in [0, 0.1) is 0 Å². The average Bonchev–Trinajstić information content (AvgIpc) is 2.21. The lowest BCUT2D eigenvalue weighted by molar-refractivity contribution is 0.195. The largest absolute Gasteiger partial charge is 0.490 e. The van der Waals surface area contributed by atoms with E-state index in [1.807, 2.05) is 32.0 Å². The van der Waals surface area contributed by atoms with Gasteiger partial charge in [0.1, 0.15) is 0 Å². The number of ether oxygens (including phenoxy) is 2. The minimum atomic E-state index is -0.340. The van der Waals surface area contributed by atoms with E-state index < -0.39 is 0 Å². The van der Waals surface area contributed by atoms with E-state index in [-0.39, 0.29) is 6.10 Å². The molecule has 1 atom stereocenters. The first kappa shape index (κ1) is 12.8. The molecule has 0 aliphatic carbocycles. The lowest BCUT2D eigenvalue weighted by atomic mass is 10.1. The van der Waals surface area contributed by atoms with Gasteiger partial charge >= 0.3 is 0 Å². The van der Waals surface area contributed by atoms with Gasteiger partial charge < -0.3 is 14.6 Å². The van der Waals surface area contributed by atoms with Gasteiger partial charge in [-0.25, -0.2) is 0 Å². The molecule has 0 aliphatic rings. The molecular weight excluding hydrogens is 204 g/mol. The van der Waals surface area contributed by atoms with Crippen molar-refractivity contribution in [1.82, 2.24) is 0 Å². The molecule has 16 heavy (non-hydrogen) atoms. The van der Waals surface area contributed by atoms with E-state index in [2.05, 4.69) is 0 Å². The minimum absolute atomic E-state index is 0.340. The monoisotopic (exact) mass is 224 g/mol. The first-order valence-corrected chi connectivity index (χ1v) is 5.74. The van der Waals surface area contributed by atoms with Crippen molar-refractivity contribution in [1.29, 1.82) is 0 Å². The lowest BCUT2D eigenvalue weighted by Crippen LogP contribution is -2.05. The Bertz CT molecular complexity index is 321. The van der Waals surface area contributed by atoms with Crippen molar-refractivity contribution in [3.8, 4) is 11.5 Å². The Morgan fingerprint density at radius 3 is 2.31 bits per heavy atom. The molecule has 0 unspecified atom stereocenters. The summed E-state index contributed by atoms with van der Waals surface area (Å²) >= 11 is 0. The van der Waals surface area contributed by atoms with Crippen LogP contribution in [0.25, 0.3) is 0 Å². The maximum Gasteiger partial charge on any atom is 0.161 e. The Morgan fingerprint density at radius 2 is 1.75 bits per heavy atom. The molecule has 0 fully saturated rings. The molecule has 90 valence electrons. The average molecular weight is 224 g/mol. The van der Waals surface area contributed by atoms with Crippen LogP contribution < -0.4 is 9.47 Å². The smallest absolute Gasteiger partial charge is 0.161 e. The summed E-state index contributed by atoms with van der Waals surface area (Å²) in [4.78, 5) is 0. The van der Waals surface area contributed by atoms with E-state index in [0.29, 0.717) is 19.6 Å². The molecule has 0 amide bonds. The van der Waals surface area contributed by atoms with E-state index in [9.17, 15) is 5.11 Å². The van der Waals surface area contributed by atoms with Crippen LogP contribution in [0.5, 0.6) is 11.5 Å². The zero-order valence-electron chi connectivity index (χ0n) is 10.2. The van der Waals surface area contributed by atoms with Crippen molar-refractivity contribution in [2.24, 2.45) is 0 Å². The van der Waals surface area contributed by atoms with Gasteiger partial charge in [0.2, 0.25) is 0 Å². The number of aliphatic hydroxyl groups excluding tert-OH is 1. The van der Waals surface area contributed by atoms with Gasteiger partial charge in [-0.05, 0) is 44.9 Å². The molecule has 0 aromatic heterocycles. The van der Waals surface area contributed by atoms with Crippen LogP contribution in [0.1, 0.15) is 26.3 Å². The highest BCUT2D eigenvalue weighted by atomic mass is 16.5. The standard InChI is InChI=1S/C13H20O3/c1-4-15-12-7-6-11(8-10(3)14)9-13(12)16-5-2/h6-7,9-10,14H,4-5,8H2,1-3H3/t10-/m0/s1. The number of aliphatic hydroxyl groups is 1. The third-order valence-corrected chi connectivity index (χ3v) is 2.14. The number of hydrogen-bond donors (Lipinski definition) is 1. The van der Waals surface area contributed by atoms with E-state index in [1.165, 1.54) is 0 Å². The highest BCUT2D eigenvalue weighted by Gasteiger charge is 2.07. The second-order valence-corrected chi connectivity index (χ2v) is 3.70. The molecule has 0 heterocycles. The third-order valence-electron chi connectivity index (χ3n) is 2.14. The van der Waals surface area contributed by atoms with Crippen molar-refractivity contribution in [3.63, 3.8) is 0 Å². The number of benzene rings is 1. The molecule has 3 nitrogen and oxygen atoms in total. The second kappa shape index (κ2) is 6.38. The zero-order valence-corrected chi connectivity index (χ0v) is 10.2. The Balaban J connectivity index is 2.87. The summed E-state index contributed by atoms with van der Waals surface area (Å²) in [5.41, 5.74) is 1.06. The lowest BCUT2D eigenvalue weighted by Gasteiger charge is -2.13. The van der Waals surface area contributed by atoms with Gasteiger partial charge in [-0.2, -0.15) is 0 Å². The van der Waals surface area contributed by atoms with Crippen LogP contribution >= 0.6 is 0 Å². The summed E-state index contributed by atoms with van der Waals surface area (Å²) in [6.07, 6.45) is 0.291. The van der Waals surface area contributed by atoms with Crippen molar-refractivity contribution >= 4 is 0 Å². The van der Waals surface area contributed by atoms with E-state index in [1.54, 1.807) is 6.92 Å². The van der Waals surface area contributed by atoms with E-state index in [4.69, 9.17) is 9.47 Å². The van der Waals surface area contributed by atoms with Crippen LogP contribution in [0.2, 0.25) is 0 Å². The maximum absolute atomic E-state index is 9.33. The number of rotatable bonds is 6. The van der Waals surface area contributed by atoms with Crippen LogP contribution in [-0.2, 0) is 6.42 Å². The van der Waals surface area contributed by atoms with Crippen molar-refractivity contribution < 1.29 is 14.6 Å². The van der Waals surface area contributed by atoms with Gasteiger partial charge in [0.05, 0.1) is 19.3 Å². The van der Waals surface area contributed by atoms with Crippen molar-refractivity contribution in [2.75, 3.05) is 13.2 Å². The van der Waals surface area contributed by atoms with Crippen molar-refractivity contribution in [3.05, 3.63) is 23.8 Å². The molecule has 0 spiro atoms. The topological polar surface area (TPSA) is 38.7 Å². The van der Waals surface area contributed by atoms with Crippen molar-refractivity contribution in [2.45, 2.75) is 33.3 Å². The summed E-state index contributed by atoms with van der Waals surface area (Å²) in [6, 6.07) is 5.79. The van der Waals surface area contributed by atoms with E-state index >= 15 is 0 Å². The molecule has 0 saturated carbocycles. The Morgan fingerprint density at radius 1 is 1.12 bits per heavy atom. The molecule has 0 aliphatic heterocycles. The maximum atomic E-state index is 9.33. The first-order valence-electron chi connectivity index (χ1n) is 5.74. The molecule has 1 aromatic carbocycles. The Kier molecular flexibility index (Phi) is 5.12. The molecule has 0 saturated heterocycles. The fourth-order valence-electron chi connectivity index (χ4n) is 1.56. The van der Waals surface area contributed by atoms with Gasteiger partial charge in [-0.15, -0.1) is 0 Å². The quantitative estimate of drug-likeness (QED) is 0.806. The minimum Gasteiger partial charge on any atom is -0.490 e. The van der Waals surface area contributed by atoms with Gasteiger partial charge in [0.25, 0.3) is 0 Å². The van der Waals surface area contributed by atoms with Crippen LogP contribution in [0.4, 0.5) is 0 Å². The highest BCUT2D eigenvalue weighted by molar-refractivity contribution is 5.43. The van der Waals surface area contributed by atoms with Gasteiger partial charge in [0, 0.05) is 0 Å². The number of hydrogen-bond acceptors (Lipinski definition) is 3. The molecule has 1 aromatic rings. The third kappa shape index (κ3) is 3.74. The molecule has 1 N–H and O–H groups in total. The summed E-state index contributed by atoms with van der Waals surface area (Å²) in [7, 11) is 0. The van der Waals surface area contributed by atoms with Gasteiger partial charge in [-0.1, -0.05) is 6.07 Å². The molecule has 3 heteroatoms. The molecule has 0 radical (unpaired) electrons. The highest BCUT2D eigenvalue weighted by Crippen LogP contribution is 2.28. The molecule has 1 rings (SSSR count). The fraction of sp³-hybridized carbons (Fsp3) is 0.538. The van der Waals surface area contributed by atoms with Crippen LogP contribution in [0.15, 0.2) is 18.2 Å².